The van der Waals surface area contributed by atoms with Crippen molar-refractivity contribution in [1.29, 1.82) is 0 Å². The van der Waals surface area contributed by atoms with Crippen LogP contribution in [0.3, 0.4) is 0 Å². The van der Waals surface area contributed by atoms with Crippen molar-refractivity contribution in [2.45, 2.75) is 45.1 Å². The van der Waals surface area contributed by atoms with Crippen LogP contribution in [0.1, 0.15) is 50.7 Å². The van der Waals surface area contributed by atoms with E-state index in [0.717, 1.165) is 24.1 Å². The quantitative estimate of drug-likeness (QED) is 0.861. The van der Waals surface area contributed by atoms with Crippen molar-refractivity contribution in [3.05, 3.63) is 29.8 Å². The third-order valence-corrected chi connectivity index (χ3v) is 3.67. The molecule has 1 unspecified atom stereocenters. The molecule has 1 amide bonds. The Morgan fingerprint density at radius 1 is 1.22 bits per heavy atom. The number of hydrogen-bond acceptors (Lipinski definition) is 2. The summed E-state index contributed by atoms with van der Waals surface area (Å²) in [5, 5.41) is 13.1. The van der Waals surface area contributed by atoms with Crippen LogP contribution >= 0.6 is 0 Å². The summed E-state index contributed by atoms with van der Waals surface area (Å²) in [6.07, 6.45) is 5.63. The molecule has 1 saturated carbocycles. The van der Waals surface area contributed by atoms with Crippen LogP contribution in [0.25, 0.3) is 0 Å². The Kier molecular flexibility index (Phi) is 4.37. The van der Waals surface area contributed by atoms with Crippen molar-refractivity contribution in [3.8, 4) is 0 Å². The summed E-state index contributed by atoms with van der Waals surface area (Å²) in [6, 6.07) is 7.51. The average Bonchev–Trinajstić information content (AvgIpc) is 2.39. The van der Waals surface area contributed by atoms with Gasteiger partial charge < -0.3 is 10.4 Å². The lowest BCUT2D eigenvalue weighted by Crippen LogP contribution is -2.16. The minimum atomic E-state index is -0.364. The predicted molar refractivity (Wildman–Crippen MR) is 72.3 cm³/mol. The molecule has 0 radical (unpaired) electrons. The van der Waals surface area contributed by atoms with E-state index in [1.54, 1.807) is 0 Å². The number of carbonyl (C=O) groups is 1. The predicted octanol–water partition coefficient (Wildman–Crippen LogP) is 3.26. The molecule has 0 bridgehead atoms. The van der Waals surface area contributed by atoms with E-state index in [9.17, 15) is 9.90 Å². The number of amides is 1. The summed E-state index contributed by atoms with van der Waals surface area (Å²) >= 11 is 0. The summed E-state index contributed by atoms with van der Waals surface area (Å²) in [6.45, 7) is 1.49. The zero-order chi connectivity index (χ0) is 13.0. The van der Waals surface area contributed by atoms with E-state index in [4.69, 9.17) is 0 Å². The van der Waals surface area contributed by atoms with Crippen LogP contribution in [0.5, 0.6) is 0 Å². The number of rotatable bonds is 3. The Bertz CT molecular complexity index is 393. The fraction of sp³-hybridized carbons (Fsp3) is 0.533. The number of nitrogens with one attached hydrogen (secondary N) is 1. The minimum absolute atomic E-state index is 0.0735. The van der Waals surface area contributed by atoms with E-state index >= 15 is 0 Å². The monoisotopic (exact) mass is 247 g/mol. The molecular weight excluding hydrogens is 226 g/mol. The molecule has 1 aromatic carbocycles. The van der Waals surface area contributed by atoms with E-state index in [-0.39, 0.29) is 12.0 Å². The van der Waals surface area contributed by atoms with Crippen LogP contribution in [0.4, 0.5) is 5.69 Å². The lowest BCUT2D eigenvalue weighted by atomic mass is 9.83. The molecule has 0 spiro atoms. The van der Waals surface area contributed by atoms with E-state index in [2.05, 4.69) is 5.32 Å². The molecule has 18 heavy (non-hydrogen) atoms. The largest absolute Gasteiger partial charge is 0.388 e. The number of hydrogen-bond donors (Lipinski definition) is 2. The first kappa shape index (κ1) is 13.1. The Morgan fingerprint density at radius 3 is 2.39 bits per heavy atom. The topological polar surface area (TPSA) is 49.3 Å². The van der Waals surface area contributed by atoms with Crippen molar-refractivity contribution in [2.75, 3.05) is 5.32 Å². The van der Waals surface area contributed by atoms with Gasteiger partial charge in [0.05, 0.1) is 6.10 Å². The van der Waals surface area contributed by atoms with Gasteiger partial charge >= 0.3 is 0 Å². The average molecular weight is 247 g/mol. The van der Waals surface area contributed by atoms with Crippen molar-refractivity contribution in [2.24, 2.45) is 5.92 Å². The second-order valence-electron chi connectivity index (χ2n) is 5.15. The summed E-state index contributed by atoms with van der Waals surface area (Å²) in [7, 11) is 0. The molecule has 1 aromatic rings. The Balaban J connectivity index is 2.01. The molecule has 1 aliphatic carbocycles. The van der Waals surface area contributed by atoms with Gasteiger partial charge in [-0.1, -0.05) is 31.4 Å². The van der Waals surface area contributed by atoms with Crippen LogP contribution in [0, 0.1) is 5.92 Å². The maximum atomic E-state index is 10.9. The van der Waals surface area contributed by atoms with Gasteiger partial charge in [-0.25, -0.2) is 0 Å². The second kappa shape index (κ2) is 6.01. The van der Waals surface area contributed by atoms with Gasteiger partial charge in [0.1, 0.15) is 0 Å². The normalized spacial score (nSPS) is 18.3. The Labute approximate surface area is 108 Å². The lowest BCUT2D eigenvalue weighted by molar-refractivity contribution is -0.114. The van der Waals surface area contributed by atoms with Crippen LogP contribution < -0.4 is 5.32 Å². The Hall–Kier alpha value is -1.35. The van der Waals surface area contributed by atoms with Gasteiger partial charge in [0, 0.05) is 12.6 Å². The third kappa shape index (κ3) is 3.33. The summed E-state index contributed by atoms with van der Waals surface area (Å²) < 4.78 is 0. The fourth-order valence-corrected chi connectivity index (χ4v) is 2.69. The summed E-state index contributed by atoms with van der Waals surface area (Å²) in [5.41, 5.74) is 1.73. The molecule has 2 rings (SSSR count). The third-order valence-electron chi connectivity index (χ3n) is 3.67. The van der Waals surface area contributed by atoms with Gasteiger partial charge in [-0.3, -0.25) is 4.79 Å². The van der Waals surface area contributed by atoms with Crippen LogP contribution in [0.2, 0.25) is 0 Å². The molecule has 0 saturated heterocycles. The fourth-order valence-electron chi connectivity index (χ4n) is 2.69. The first-order valence-electron chi connectivity index (χ1n) is 6.72. The van der Waals surface area contributed by atoms with Crippen LogP contribution in [-0.4, -0.2) is 11.0 Å². The maximum absolute atomic E-state index is 10.9. The highest BCUT2D eigenvalue weighted by Crippen LogP contribution is 2.34. The van der Waals surface area contributed by atoms with Gasteiger partial charge in [-0.05, 0) is 36.5 Å². The molecule has 3 nitrogen and oxygen atoms in total. The first-order chi connectivity index (χ1) is 8.66. The molecule has 0 heterocycles. The van der Waals surface area contributed by atoms with E-state index < -0.39 is 0 Å². The van der Waals surface area contributed by atoms with Crippen molar-refractivity contribution in [3.63, 3.8) is 0 Å². The second-order valence-corrected chi connectivity index (χ2v) is 5.15. The molecule has 0 aromatic heterocycles. The van der Waals surface area contributed by atoms with E-state index in [0.29, 0.717) is 5.92 Å². The molecule has 98 valence electrons. The zero-order valence-corrected chi connectivity index (χ0v) is 10.9. The molecular formula is C15H21NO2. The summed E-state index contributed by atoms with van der Waals surface area (Å²) in [5.74, 6) is 0.320. The highest BCUT2D eigenvalue weighted by molar-refractivity contribution is 5.88. The highest BCUT2D eigenvalue weighted by atomic mass is 16.3. The number of carbonyl (C=O) groups excluding carboxylic acids is 1. The van der Waals surface area contributed by atoms with E-state index in [1.807, 2.05) is 24.3 Å². The number of anilines is 1. The molecule has 0 aliphatic heterocycles. The SMILES string of the molecule is CC(=O)Nc1ccc(C(O)C2CCCCC2)cc1. The summed E-state index contributed by atoms with van der Waals surface area (Å²) in [4.78, 5) is 10.9. The van der Waals surface area contributed by atoms with Crippen LogP contribution in [-0.2, 0) is 4.79 Å². The molecule has 1 atom stereocenters. The van der Waals surface area contributed by atoms with Gasteiger partial charge in [0.2, 0.25) is 5.91 Å². The van der Waals surface area contributed by atoms with Crippen molar-refractivity contribution < 1.29 is 9.90 Å². The molecule has 1 aliphatic rings. The standard InChI is InChI=1S/C15H21NO2/c1-11(17)16-14-9-7-13(8-10-14)15(18)12-5-3-2-4-6-12/h7-10,12,15,18H,2-6H2,1H3,(H,16,17). The van der Waals surface area contributed by atoms with Crippen molar-refractivity contribution in [1.82, 2.24) is 0 Å². The van der Waals surface area contributed by atoms with Gasteiger partial charge in [-0.2, -0.15) is 0 Å². The van der Waals surface area contributed by atoms with E-state index in [1.165, 1.54) is 26.2 Å². The molecule has 3 heteroatoms. The maximum Gasteiger partial charge on any atom is 0.221 e. The first-order valence-corrected chi connectivity index (χ1v) is 6.72. The highest BCUT2D eigenvalue weighted by Gasteiger charge is 2.22. The van der Waals surface area contributed by atoms with Gasteiger partial charge in [0.25, 0.3) is 0 Å². The lowest BCUT2D eigenvalue weighted by Gasteiger charge is -2.26. The van der Waals surface area contributed by atoms with Crippen molar-refractivity contribution >= 4 is 11.6 Å². The number of aliphatic hydroxyl groups is 1. The minimum Gasteiger partial charge on any atom is -0.388 e. The molecule has 1 fully saturated rings. The van der Waals surface area contributed by atoms with Crippen LogP contribution in [0.15, 0.2) is 24.3 Å². The molecule has 2 N–H and O–H groups in total. The Morgan fingerprint density at radius 2 is 1.83 bits per heavy atom. The zero-order valence-electron chi connectivity index (χ0n) is 10.9. The van der Waals surface area contributed by atoms with Gasteiger partial charge in [-0.15, -0.1) is 0 Å². The van der Waals surface area contributed by atoms with Gasteiger partial charge in [0.15, 0.2) is 0 Å². The number of benzene rings is 1. The number of aliphatic hydroxyl groups excluding tert-OH is 1. The smallest absolute Gasteiger partial charge is 0.221 e.